The Labute approximate surface area is 313 Å². The first-order valence-corrected chi connectivity index (χ1v) is 17.7. The first kappa shape index (κ1) is 34.7. The van der Waals surface area contributed by atoms with Crippen LogP contribution >= 0.6 is 23.2 Å². The van der Waals surface area contributed by atoms with Gasteiger partial charge < -0.3 is 14.6 Å². The lowest BCUT2D eigenvalue weighted by atomic mass is 9.49. The number of fused-ring (bicyclic) bond motifs is 4. The molecule has 4 aromatic rings. The molecule has 4 aromatic carbocycles. The summed E-state index contributed by atoms with van der Waals surface area (Å²) in [4.78, 5) is 59.9. The van der Waals surface area contributed by atoms with Crippen LogP contribution in [0.15, 0.2) is 96.6 Å². The van der Waals surface area contributed by atoms with E-state index in [1.54, 1.807) is 54.6 Å². The van der Waals surface area contributed by atoms with E-state index in [0.717, 1.165) is 5.01 Å². The number of anilines is 2. The van der Waals surface area contributed by atoms with E-state index >= 15 is 4.79 Å². The van der Waals surface area contributed by atoms with Crippen LogP contribution in [0.1, 0.15) is 29.9 Å². The number of allylic oxidation sites excluding steroid dienone is 2. The SMILES string of the molecule is COc1cc(O)c([C@H]2C3=CC[C@@H]4C(=O)N(c5ccc(Cl)cc5)C(=O)[C@@H]4[C@@H]3C[C@H]3C(=O)N(Nc4ccc(F)cc4)C(=O)[C@@]23c2ccc(Cl)cc2)c(OC)c1. The lowest BCUT2D eigenvalue weighted by Crippen LogP contribution is -2.53. The van der Waals surface area contributed by atoms with Crippen molar-refractivity contribution < 1.29 is 38.1 Å². The molecule has 2 aliphatic carbocycles. The molecule has 2 heterocycles. The summed E-state index contributed by atoms with van der Waals surface area (Å²) < 4.78 is 25.2. The normalized spacial score (nSPS) is 26.2. The summed E-state index contributed by atoms with van der Waals surface area (Å²) >= 11 is 12.5. The molecule has 4 amide bonds. The van der Waals surface area contributed by atoms with Crippen LogP contribution in [-0.4, -0.2) is 48.0 Å². The third kappa shape index (κ3) is 5.20. The van der Waals surface area contributed by atoms with Crippen molar-refractivity contribution in [3.05, 3.63) is 124 Å². The Kier molecular flexibility index (Phi) is 8.46. The standard InChI is InChI=1S/C40H32Cl2FN3O7/c1-52-26-17-31(47)34(32(18-26)53-2)35-27-15-16-28-33(38(50)45(36(28)48)25-13-7-22(42)8-14-25)29(27)19-30-37(49)46(44-24-11-9-23(43)10-12-24)39(51)40(30,35)20-3-5-21(41)6-4-20/h3-15,17-18,28-30,33,35,44,47H,16,19H2,1-2H3/t28-,29+,30-,33-,35+,40+/m0/s1. The number of hydrazine groups is 1. The quantitative estimate of drug-likeness (QED) is 0.152. The number of nitrogens with one attached hydrogen (secondary N) is 1. The predicted octanol–water partition coefficient (Wildman–Crippen LogP) is 7.04. The van der Waals surface area contributed by atoms with E-state index in [0.29, 0.717) is 26.9 Å². The van der Waals surface area contributed by atoms with Gasteiger partial charge in [-0.25, -0.2) is 4.39 Å². The number of methoxy groups -OCH3 is 2. The van der Waals surface area contributed by atoms with Crippen LogP contribution in [0.5, 0.6) is 17.2 Å². The molecule has 6 atom stereocenters. The minimum absolute atomic E-state index is 0.0189. The third-order valence-corrected chi connectivity index (χ3v) is 11.7. The number of rotatable bonds is 7. The molecule has 3 fully saturated rings. The van der Waals surface area contributed by atoms with E-state index in [4.69, 9.17) is 32.7 Å². The number of benzene rings is 4. The molecular weight excluding hydrogens is 724 g/mol. The molecule has 0 bridgehead atoms. The smallest absolute Gasteiger partial charge is 0.260 e. The van der Waals surface area contributed by atoms with Gasteiger partial charge in [-0.15, -0.1) is 0 Å². The summed E-state index contributed by atoms with van der Waals surface area (Å²) in [6, 6.07) is 21.2. The molecule has 0 radical (unpaired) electrons. The van der Waals surface area contributed by atoms with Crippen molar-refractivity contribution in [3.8, 4) is 17.2 Å². The summed E-state index contributed by atoms with van der Waals surface area (Å²) in [7, 11) is 2.86. The molecule has 0 aromatic heterocycles. The van der Waals surface area contributed by atoms with Crippen LogP contribution in [-0.2, 0) is 24.6 Å². The minimum Gasteiger partial charge on any atom is -0.507 e. The van der Waals surface area contributed by atoms with E-state index in [1.807, 2.05) is 6.08 Å². The van der Waals surface area contributed by atoms with Gasteiger partial charge in [-0.3, -0.25) is 29.5 Å². The number of phenols is 1. The second kappa shape index (κ2) is 12.9. The third-order valence-electron chi connectivity index (χ3n) is 11.2. The molecule has 53 heavy (non-hydrogen) atoms. The van der Waals surface area contributed by atoms with E-state index in [9.17, 15) is 23.9 Å². The van der Waals surface area contributed by atoms with Gasteiger partial charge in [-0.2, -0.15) is 5.01 Å². The highest BCUT2D eigenvalue weighted by molar-refractivity contribution is 6.31. The predicted molar refractivity (Wildman–Crippen MR) is 194 cm³/mol. The van der Waals surface area contributed by atoms with Gasteiger partial charge in [0, 0.05) is 33.7 Å². The van der Waals surface area contributed by atoms with Gasteiger partial charge in [0.1, 0.15) is 23.1 Å². The molecular formula is C40H32Cl2FN3O7. The summed E-state index contributed by atoms with van der Waals surface area (Å²) in [5.74, 6) is -6.85. The highest BCUT2D eigenvalue weighted by atomic mass is 35.5. The van der Waals surface area contributed by atoms with Crippen LogP contribution < -0.4 is 19.8 Å². The van der Waals surface area contributed by atoms with Gasteiger partial charge in [-0.1, -0.05) is 47.0 Å². The Morgan fingerprint density at radius 2 is 1.49 bits per heavy atom. The molecule has 8 rings (SSSR count). The van der Waals surface area contributed by atoms with E-state index in [1.165, 1.54) is 49.5 Å². The zero-order chi connectivity index (χ0) is 37.3. The van der Waals surface area contributed by atoms with Crippen LogP contribution in [0.4, 0.5) is 15.8 Å². The molecule has 2 aliphatic heterocycles. The monoisotopic (exact) mass is 755 g/mol. The van der Waals surface area contributed by atoms with Crippen molar-refractivity contribution in [2.75, 3.05) is 24.5 Å². The van der Waals surface area contributed by atoms with E-state index in [-0.39, 0.29) is 47.2 Å². The second-order valence-corrected chi connectivity index (χ2v) is 14.5. The van der Waals surface area contributed by atoms with Crippen LogP contribution in [0.2, 0.25) is 10.0 Å². The maximum absolute atomic E-state index is 15.4. The summed E-state index contributed by atoms with van der Waals surface area (Å²) in [5.41, 5.74) is 3.11. The Balaban J connectivity index is 1.36. The summed E-state index contributed by atoms with van der Waals surface area (Å²) in [6.45, 7) is 0. The number of ether oxygens (including phenoxy) is 2. The number of nitrogens with zero attached hydrogens (tertiary/aromatic N) is 2. The number of hydrogen-bond donors (Lipinski definition) is 2. The molecule has 0 unspecified atom stereocenters. The van der Waals surface area contributed by atoms with E-state index < -0.39 is 58.5 Å². The molecule has 2 saturated heterocycles. The number of carbonyl (C=O) groups is 4. The minimum atomic E-state index is -1.72. The van der Waals surface area contributed by atoms with Crippen molar-refractivity contribution in [2.45, 2.75) is 24.2 Å². The van der Waals surface area contributed by atoms with Crippen molar-refractivity contribution in [2.24, 2.45) is 23.7 Å². The molecule has 2 N–H and O–H groups in total. The highest BCUT2D eigenvalue weighted by Gasteiger charge is 2.71. The average molecular weight is 757 g/mol. The Morgan fingerprint density at radius 1 is 0.830 bits per heavy atom. The Hall–Kier alpha value is -5.39. The molecule has 270 valence electrons. The number of amides is 4. The first-order valence-electron chi connectivity index (χ1n) is 16.9. The van der Waals surface area contributed by atoms with Gasteiger partial charge in [0.2, 0.25) is 11.8 Å². The van der Waals surface area contributed by atoms with E-state index in [2.05, 4.69) is 5.43 Å². The largest absolute Gasteiger partial charge is 0.507 e. The van der Waals surface area contributed by atoms with Gasteiger partial charge in [0.25, 0.3) is 11.8 Å². The molecule has 0 spiro atoms. The summed E-state index contributed by atoms with van der Waals surface area (Å²) in [6.07, 6.45) is 2.06. The van der Waals surface area contributed by atoms with Crippen molar-refractivity contribution in [3.63, 3.8) is 0 Å². The number of aromatic hydroxyl groups is 1. The molecule has 1 saturated carbocycles. The second-order valence-electron chi connectivity index (χ2n) is 13.6. The fourth-order valence-electron chi connectivity index (χ4n) is 8.98. The maximum Gasteiger partial charge on any atom is 0.260 e. The molecule has 13 heteroatoms. The van der Waals surface area contributed by atoms with Gasteiger partial charge in [-0.05, 0) is 85.0 Å². The Morgan fingerprint density at radius 3 is 2.13 bits per heavy atom. The number of halogens is 3. The average Bonchev–Trinajstić information content (AvgIpc) is 3.53. The van der Waals surface area contributed by atoms with Crippen molar-refractivity contribution >= 4 is 58.2 Å². The fourth-order valence-corrected chi connectivity index (χ4v) is 9.23. The Bertz CT molecular complexity index is 2210. The van der Waals surface area contributed by atoms with Crippen LogP contribution in [0.25, 0.3) is 0 Å². The lowest BCUT2D eigenvalue weighted by Gasteiger charge is -2.50. The zero-order valence-electron chi connectivity index (χ0n) is 28.4. The molecule has 4 aliphatic rings. The highest BCUT2D eigenvalue weighted by Crippen LogP contribution is 2.66. The fraction of sp³-hybridized carbons (Fsp3) is 0.250. The number of imide groups is 2. The van der Waals surface area contributed by atoms with Crippen LogP contribution in [0.3, 0.4) is 0 Å². The maximum atomic E-state index is 15.4. The zero-order valence-corrected chi connectivity index (χ0v) is 29.9. The number of phenolic OH excluding ortho intramolecular Hbond substituents is 1. The van der Waals surface area contributed by atoms with Gasteiger partial charge >= 0.3 is 0 Å². The number of carbonyl (C=O) groups excluding carboxylic acids is 4. The molecule has 10 nitrogen and oxygen atoms in total. The van der Waals surface area contributed by atoms with Gasteiger partial charge in [0.15, 0.2) is 0 Å². The van der Waals surface area contributed by atoms with Crippen molar-refractivity contribution in [1.82, 2.24) is 5.01 Å². The van der Waals surface area contributed by atoms with Gasteiger partial charge in [0.05, 0.1) is 48.8 Å². The number of hydrogen-bond acceptors (Lipinski definition) is 8. The first-order chi connectivity index (χ1) is 25.5. The topological polar surface area (TPSA) is 125 Å². The summed E-state index contributed by atoms with van der Waals surface area (Å²) in [5, 5.41) is 13.6. The van der Waals surface area contributed by atoms with Crippen LogP contribution in [0, 0.1) is 29.5 Å². The lowest BCUT2D eigenvalue weighted by molar-refractivity contribution is -0.138. The van der Waals surface area contributed by atoms with Crippen molar-refractivity contribution in [1.29, 1.82) is 0 Å².